The molecule has 0 bridgehead atoms. The van der Waals surface area contributed by atoms with Crippen molar-refractivity contribution in [1.29, 1.82) is 0 Å². The Balaban J connectivity index is 2.01. The van der Waals surface area contributed by atoms with Crippen molar-refractivity contribution < 1.29 is 19.0 Å². The fourth-order valence-electron chi connectivity index (χ4n) is 2.92. The summed E-state index contributed by atoms with van der Waals surface area (Å²) < 4.78 is 19.3. The Bertz CT molecular complexity index is 1060. The van der Waals surface area contributed by atoms with E-state index in [1.165, 1.54) is 11.3 Å². The van der Waals surface area contributed by atoms with E-state index in [1.54, 1.807) is 26.4 Å². The topological polar surface area (TPSA) is 62.1 Å². The van der Waals surface area contributed by atoms with Gasteiger partial charge in [0.25, 0.3) is 5.91 Å². The fraction of sp³-hybridized carbons (Fsp3) is 0.333. The number of ether oxygens (including phenoxy) is 3. The van der Waals surface area contributed by atoms with E-state index in [1.807, 2.05) is 35.8 Å². The van der Waals surface area contributed by atoms with Gasteiger partial charge in [-0.1, -0.05) is 35.1 Å². The minimum atomic E-state index is -0.219. The third kappa shape index (κ3) is 5.18. The van der Waals surface area contributed by atoms with Crippen molar-refractivity contribution in [3.8, 4) is 11.5 Å². The molecule has 1 heterocycles. The van der Waals surface area contributed by atoms with Gasteiger partial charge in [0, 0.05) is 30.3 Å². The van der Waals surface area contributed by atoms with Crippen molar-refractivity contribution in [1.82, 2.24) is 4.57 Å². The highest BCUT2D eigenvalue weighted by atomic mass is 35.5. The molecule has 0 radical (unpaired) electrons. The second kappa shape index (κ2) is 9.91. The van der Waals surface area contributed by atoms with E-state index in [-0.39, 0.29) is 12.3 Å². The second-order valence-electron chi connectivity index (χ2n) is 6.22. The van der Waals surface area contributed by atoms with Gasteiger partial charge in [-0.3, -0.25) is 4.79 Å². The van der Waals surface area contributed by atoms with Crippen LogP contribution >= 0.6 is 22.9 Å². The lowest BCUT2D eigenvalue weighted by Gasteiger charge is -2.09. The van der Waals surface area contributed by atoms with Gasteiger partial charge in [-0.05, 0) is 24.6 Å². The van der Waals surface area contributed by atoms with Gasteiger partial charge in [-0.25, -0.2) is 0 Å². The van der Waals surface area contributed by atoms with Crippen LogP contribution in [0.2, 0.25) is 5.02 Å². The van der Waals surface area contributed by atoms with Crippen LogP contribution in [0.3, 0.4) is 0 Å². The van der Waals surface area contributed by atoms with Gasteiger partial charge in [-0.2, -0.15) is 4.99 Å². The zero-order chi connectivity index (χ0) is 20.8. The highest BCUT2D eigenvalue weighted by molar-refractivity contribution is 7.16. The summed E-state index contributed by atoms with van der Waals surface area (Å²) >= 11 is 7.35. The molecular weight excluding hydrogens is 412 g/mol. The second-order valence-corrected chi connectivity index (χ2v) is 7.66. The van der Waals surface area contributed by atoms with E-state index in [0.717, 1.165) is 15.8 Å². The predicted molar refractivity (Wildman–Crippen MR) is 115 cm³/mol. The molecule has 8 heteroatoms. The van der Waals surface area contributed by atoms with Crippen LogP contribution in [0.15, 0.2) is 41.4 Å². The van der Waals surface area contributed by atoms with Crippen LogP contribution in [0.5, 0.6) is 11.5 Å². The van der Waals surface area contributed by atoms with E-state index in [9.17, 15) is 4.79 Å². The number of methoxy groups -OCH3 is 2. The standard InChI is InChI=1S/C21H23ClN2O4S/c1-4-28-10-9-24-16-12-17(26-2)18(27-3)13-19(16)29-21(24)23-20(25)11-14-5-7-15(22)8-6-14/h5-8,12-13H,4,9-11H2,1-3H3. The highest BCUT2D eigenvalue weighted by Crippen LogP contribution is 2.33. The number of amides is 1. The maximum atomic E-state index is 12.6. The number of hydrogen-bond donors (Lipinski definition) is 0. The summed E-state index contributed by atoms with van der Waals surface area (Å²) in [5.41, 5.74) is 1.79. The summed E-state index contributed by atoms with van der Waals surface area (Å²) in [5.74, 6) is 1.04. The van der Waals surface area contributed by atoms with Gasteiger partial charge in [0.05, 0.1) is 37.5 Å². The SMILES string of the molecule is CCOCCn1c(=NC(=O)Cc2ccc(Cl)cc2)sc2cc(OC)c(OC)cc21. The summed E-state index contributed by atoms with van der Waals surface area (Å²) in [5, 5.41) is 0.638. The Labute approximate surface area is 178 Å². The first-order valence-electron chi connectivity index (χ1n) is 9.20. The number of benzene rings is 2. The third-order valence-electron chi connectivity index (χ3n) is 4.34. The maximum absolute atomic E-state index is 12.6. The first kappa shape index (κ1) is 21.4. The lowest BCUT2D eigenvalue weighted by Crippen LogP contribution is -2.20. The molecule has 0 atom stereocenters. The normalized spacial score (nSPS) is 11.8. The van der Waals surface area contributed by atoms with Gasteiger partial charge in [0.2, 0.25) is 0 Å². The first-order valence-corrected chi connectivity index (χ1v) is 10.4. The molecule has 2 aromatic carbocycles. The van der Waals surface area contributed by atoms with Gasteiger partial charge >= 0.3 is 0 Å². The lowest BCUT2D eigenvalue weighted by atomic mass is 10.1. The van der Waals surface area contributed by atoms with Crippen molar-refractivity contribution in [2.24, 2.45) is 4.99 Å². The number of carbonyl (C=O) groups is 1. The van der Waals surface area contributed by atoms with Gasteiger partial charge < -0.3 is 18.8 Å². The van der Waals surface area contributed by atoms with Crippen LogP contribution in [-0.4, -0.2) is 37.9 Å². The van der Waals surface area contributed by atoms with Gasteiger partial charge in [0.15, 0.2) is 16.3 Å². The summed E-state index contributed by atoms with van der Waals surface area (Å²) in [6.07, 6.45) is 0.212. The highest BCUT2D eigenvalue weighted by Gasteiger charge is 2.13. The average molecular weight is 435 g/mol. The zero-order valence-corrected chi connectivity index (χ0v) is 18.2. The summed E-state index contributed by atoms with van der Waals surface area (Å²) in [6, 6.07) is 11.0. The molecule has 0 N–H and O–H groups in total. The molecule has 154 valence electrons. The van der Waals surface area contributed by atoms with Crippen molar-refractivity contribution in [3.63, 3.8) is 0 Å². The Morgan fingerprint density at radius 2 is 1.83 bits per heavy atom. The Kier molecular flexibility index (Phi) is 7.30. The van der Waals surface area contributed by atoms with Crippen LogP contribution in [0.4, 0.5) is 0 Å². The smallest absolute Gasteiger partial charge is 0.252 e. The molecule has 6 nitrogen and oxygen atoms in total. The molecule has 0 aliphatic heterocycles. The number of carbonyl (C=O) groups excluding carboxylic acids is 1. The molecular formula is C21H23ClN2O4S. The largest absolute Gasteiger partial charge is 0.493 e. The quantitative estimate of drug-likeness (QED) is 0.501. The fourth-order valence-corrected chi connectivity index (χ4v) is 4.13. The predicted octanol–water partition coefficient (Wildman–Crippen LogP) is 4.08. The molecule has 3 aromatic rings. The molecule has 0 spiro atoms. The van der Waals surface area contributed by atoms with Crippen LogP contribution in [0.25, 0.3) is 10.2 Å². The molecule has 0 aliphatic rings. The van der Waals surface area contributed by atoms with Gasteiger partial charge in [0.1, 0.15) is 0 Å². The molecule has 0 fully saturated rings. The van der Waals surface area contributed by atoms with Crippen LogP contribution in [0.1, 0.15) is 12.5 Å². The number of halogens is 1. The van der Waals surface area contributed by atoms with E-state index in [2.05, 4.69) is 4.99 Å². The molecule has 0 unspecified atom stereocenters. The Morgan fingerprint density at radius 3 is 2.48 bits per heavy atom. The summed E-state index contributed by atoms with van der Waals surface area (Å²) in [7, 11) is 3.20. The number of thiazole rings is 1. The van der Waals surface area contributed by atoms with E-state index >= 15 is 0 Å². The van der Waals surface area contributed by atoms with Crippen LogP contribution in [0, 0.1) is 0 Å². The maximum Gasteiger partial charge on any atom is 0.252 e. The molecule has 0 saturated carbocycles. The summed E-state index contributed by atoms with van der Waals surface area (Å²) in [6.45, 7) is 3.68. The molecule has 1 aromatic heterocycles. The summed E-state index contributed by atoms with van der Waals surface area (Å²) in [4.78, 5) is 17.6. The number of aromatic nitrogens is 1. The number of nitrogens with zero attached hydrogens (tertiary/aromatic N) is 2. The van der Waals surface area contributed by atoms with E-state index in [0.29, 0.717) is 41.1 Å². The molecule has 1 amide bonds. The number of hydrogen-bond acceptors (Lipinski definition) is 5. The van der Waals surface area contributed by atoms with Crippen molar-refractivity contribution in [2.45, 2.75) is 19.9 Å². The minimum Gasteiger partial charge on any atom is -0.493 e. The number of rotatable bonds is 8. The molecule has 29 heavy (non-hydrogen) atoms. The average Bonchev–Trinajstić information content (AvgIpc) is 3.04. The van der Waals surface area contributed by atoms with Gasteiger partial charge in [-0.15, -0.1) is 0 Å². The van der Waals surface area contributed by atoms with E-state index < -0.39 is 0 Å². The Morgan fingerprint density at radius 1 is 1.14 bits per heavy atom. The third-order valence-corrected chi connectivity index (χ3v) is 5.63. The molecule has 3 rings (SSSR count). The van der Waals surface area contributed by atoms with Crippen molar-refractivity contribution in [3.05, 3.63) is 51.8 Å². The molecule has 0 aliphatic carbocycles. The van der Waals surface area contributed by atoms with E-state index in [4.69, 9.17) is 25.8 Å². The van der Waals surface area contributed by atoms with Crippen LogP contribution in [-0.2, 0) is 22.5 Å². The monoisotopic (exact) mass is 434 g/mol. The Hall–Kier alpha value is -2.35. The number of fused-ring (bicyclic) bond motifs is 1. The first-order chi connectivity index (χ1) is 14.0. The van der Waals surface area contributed by atoms with Crippen molar-refractivity contribution in [2.75, 3.05) is 27.4 Å². The van der Waals surface area contributed by atoms with Crippen LogP contribution < -0.4 is 14.3 Å². The minimum absolute atomic E-state index is 0.212. The molecule has 0 saturated heterocycles. The van der Waals surface area contributed by atoms with Crippen molar-refractivity contribution >= 4 is 39.1 Å². The zero-order valence-electron chi connectivity index (χ0n) is 16.6. The lowest BCUT2D eigenvalue weighted by molar-refractivity contribution is -0.117.